The highest BCUT2D eigenvalue weighted by Crippen LogP contribution is 2.38. The van der Waals surface area contributed by atoms with E-state index >= 15 is 0 Å². The van der Waals surface area contributed by atoms with E-state index in [-0.39, 0.29) is 18.6 Å². The molecule has 0 atom stereocenters. The van der Waals surface area contributed by atoms with Gasteiger partial charge in [0.25, 0.3) is 0 Å². The fraction of sp³-hybridized carbons (Fsp3) is 0.500. The summed E-state index contributed by atoms with van der Waals surface area (Å²) in [6.07, 6.45) is -0.755. The second-order valence-corrected chi connectivity index (χ2v) is 2.58. The van der Waals surface area contributed by atoms with Gasteiger partial charge < -0.3 is 10.2 Å². The summed E-state index contributed by atoms with van der Waals surface area (Å²) in [5, 5.41) is 16.9. The van der Waals surface area contributed by atoms with Gasteiger partial charge in [-0.15, -0.1) is 0 Å². The molecule has 1 aliphatic carbocycles. The van der Waals surface area contributed by atoms with Crippen molar-refractivity contribution in [1.29, 1.82) is 0 Å². The summed E-state index contributed by atoms with van der Waals surface area (Å²) >= 11 is 0. The highest BCUT2D eigenvalue weighted by Gasteiger charge is 2.56. The fourth-order valence-electron chi connectivity index (χ4n) is 1.02. The first-order valence-electron chi connectivity index (χ1n) is 2.97. The molecule has 1 rings (SSSR count). The molecule has 0 aromatic heterocycles. The van der Waals surface area contributed by atoms with E-state index < -0.39 is 17.4 Å². The third-order valence-electron chi connectivity index (χ3n) is 1.82. The van der Waals surface area contributed by atoms with Crippen LogP contribution in [0, 0.1) is 5.41 Å². The molecule has 5 heteroatoms. The summed E-state index contributed by atoms with van der Waals surface area (Å²) in [5.41, 5.74) is -1.82. The summed E-state index contributed by atoms with van der Waals surface area (Å²) in [5.74, 6) is -3.16. The first kappa shape index (κ1) is 7.71. The number of hydrogen-bond donors (Lipinski definition) is 2. The third-order valence-corrected chi connectivity index (χ3v) is 1.82. The zero-order chi connectivity index (χ0) is 8.65. The number of carboxylic acids is 2. The second kappa shape index (κ2) is 2.05. The molecule has 0 unspecified atom stereocenters. The molecule has 60 valence electrons. The Morgan fingerprint density at radius 1 is 1.18 bits per heavy atom. The molecule has 0 bridgehead atoms. The van der Waals surface area contributed by atoms with Crippen LogP contribution in [-0.2, 0) is 14.4 Å². The van der Waals surface area contributed by atoms with Crippen LogP contribution in [0.4, 0.5) is 0 Å². The molecular formula is C6H6O5. The molecule has 1 saturated carbocycles. The minimum Gasteiger partial charge on any atom is -0.480 e. The monoisotopic (exact) mass is 158 g/mol. The zero-order valence-electron chi connectivity index (χ0n) is 5.53. The maximum absolute atomic E-state index is 10.4. The Labute approximate surface area is 61.6 Å². The van der Waals surface area contributed by atoms with Crippen LogP contribution in [0.3, 0.4) is 0 Å². The van der Waals surface area contributed by atoms with Gasteiger partial charge in [-0.2, -0.15) is 0 Å². The van der Waals surface area contributed by atoms with Gasteiger partial charge in [0, 0.05) is 12.8 Å². The van der Waals surface area contributed by atoms with Crippen LogP contribution in [0.25, 0.3) is 0 Å². The molecule has 1 aliphatic rings. The number of ketones is 1. The van der Waals surface area contributed by atoms with E-state index in [0.717, 1.165) is 0 Å². The summed E-state index contributed by atoms with van der Waals surface area (Å²) in [4.78, 5) is 31.1. The SMILES string of the molecule is O=C1CC(C(=O)O)(C(=O)O)C1. The molecule has 0 heterocycles. The maximum Gasteiger partial charge on any atom is 0.321 e. The topological polar surface area (TPSA) is 91.7 Å². The second-order valence-electron chi connectivity index (χ2n) is 2.58. The number of aliphatic carboxylic acids is 2. The van der Waals surface area contributed by atoms with Crippen molar-refractivity contribution < 1.29 is 24.6 Å². The lowest BCUT2D eigenvalue weighted by atomic mass is 9.68. The maximum atomic E-state index is 10.4. The Morgan fingerprint density at radius 2 is 1.55 bits per heavy atom. The lowest BCUT2D eigenvalue weighted by molar-refractivity contribution is -0.175. The van der Waals surface area contributed by atoms with Gasteiger partial charge in [0.2, 0.25) is 0 Å². The summed E-state index contributed by atoms with van der Waals surface area (Å²) < 4.78 is 0. The van der Waals surface area contributed by atoms with Crippen molar-refractivity contribution in [2.45, 2.75) is 12.8 Å². The van der Waals surface area contributed by atoms with Crippen LogP contribution in [0.15, 0.2) is 0 Å². The van der Waals surface area contributed by atoms with Crippen LogP contribution >= 0.6 is 0 Å². The average molecular weight is 158 g/mol. The van der Waals surface area contributed by atoms with E-state index in [1.165, 1.54) is 0 Å². The van der Waals surface area contributed by atoms with Crippen LogP contribution in [0.5, 0.6) is 0 Å². The number of hydrogen-bond acceptors (Lipinski definition) is 3. The van der Waals surface area contributed by atoms with Gasteiger partial charge in [0.15, 0.2) is 5.41 Å². The van der Waals surface area contributed by atoms with E-state index in [0.29, 0.717) is 0 Å². The summed E-state index contributed by atoms with van der Waals surface area (Å²) in [7, 11) is 0. The van der Waals surface area contributed by atoms with E-state index in [1.807, 2.05) is 0 Å². The average Bonchev–Trinajstić information content (AvgIpc) is 1.78. The van der Waals surface area contributed by atoms with E-state index in [4.69, 9.17) is 10.2 Å². The first-order chi connectivity index (χ1) is 4.99. The smallest absolute Gasteiger partial charge is 0.321 e. The largest absolute Gasteiger partial charge is 0.480 e. The van der Waals surface area contributed by atoms with Gasteiger partial charge in [-0.1, -0.05) is 0 Å². The summed E-state index contributed by atoms with van der Waals surface area (Å²) in [6, 6.07) is 0. The first-order valence-corrected chi connectivity index (χ1v) is 2.97. The van der Waals surface area contributed by atoms with Crippen molar-refractivity contribution in [3.05, 3.63) is 0 Å². The van der Waals surface area contributed by atoms with E-state index in [2.05, 4.69) is 0 Å². The molecule has 0 spiro atoms. The number of Topliss-reactive ketones (excluding diaryl/α,β-unsaturated/α-hetero) is 1. The van der Waals surface area contributed by atoms with Gasteiger partial charge in [-0.25, -0.2) is 0 Å². The molecule has 5 nitrogen and oxygen atoms in total. The van der Waals surface area contributed by atoms with Crippen molar-refractivity contribution in [3.63, 3.8) is 0 Å². The van der Waals surface area contributed by atoms with Gasteiger partial charge in [-0.05, 0) is 0 Å². The number of carboxylic acid groups (broad SMARTS) is 2. The lowest BCUT2D eigenvalue weighted by Gasteiger charge is -2.31. The molecule has 11 heavy (non-hydrogen) atoms. The molecule has 0 amide bonds. The molecule has 0 aliphatic heterocycles. The molecule has 1 fully saturated rings. The molecule has 0 saturated heterocycles. The van der Waals surface area contributed by atoms with Gasteiger partial charge in [0.1, 0.15) is 5.78 Å². The van der Waals surface area contributed by atoms with E-state index in [9.17, 15) is 14.4 Å². The molecule has 2 N–H and O–H groups in total. The van der Waals surface area contributed by atoms with E-state index in [1.54, 1.807) is 0 Å². The highest BCUT2D eigenvalue weighted by atomic mass is 16.4. The van der Waals surface area contributed by atoms with Gasteiger partial charge in [0.05, 0.1) is 0 Å². The van der Waals surface area contributed by atoms with Crippen molar-refractivity contribution >= 4 is 17.7 Å². The minimum atomic E-state index is -1.82. The van der Waals surface area contributed by atoms with Crippen molar-refractivity contribution in [2.75, 3.05) is 0 Å². The van der Waals surface area contributed by atoms with Crippen LogP contribution in [-0.4, -0.2) is 27.9 Å². The zero-order valence-corrected chi connectivity index (χ0v) is 5.53. The van der Waals surface area contributed by atoms with Crippen molar-refractivity contribution in [2.24, 2.45) is 5.41 Å². The highest BCUT2D eigenvalue weighted by molar-refractivity contribution is 6.10. The minimum absolute atomic E-state index is 0.310. The van der Waals surface area contributed by atoms with Gasteiger partial charge >= 0.3 is 11.9 Å². The molecule has 0 aromatic rings. The van der Waals surface area contributed by atoms with Crippen LogP contribution < -0.4 is 0 Å². The third kappa shape index (κ3) is 0.886. The molecule has 0 aromatic carbocycles. The van der Waals surface area contributed by atoms with Gasteiger partial charge in [-0.3, -0.25) is 14.4 Å². The lowest BCUT2D eigenvalue weighted by Crippen LogP contribution is -2.50. The Morgan fingerprint density at radius 3 is 1.64 bits per heavy atom. The Hall–Kier alpha value is -1.39. The number of carbonyl (C=O) groups excluding carboxylic acids is 1. The predicted octanol–water partition coefficient (Wildman–Crippen LogP) is -0.495. The van der Waals surface area contributed by atoms with Crippen molar-refractivity contribution in [1.82, 2.24) is 0 Å². The number of rotatable bonds is 2. The Balaban J connectivity index is 2.85. The normalized spacial score (nSPS) is 20.5. The Bertz CT molecular complexity index is 217. The summed E-state index contributed by atoms with van der Waals surface area (Å²) in [6.45, 7) is 0. The number of carbonyl (C=O) groups is 3. The quantitative estimate of drug-likeness (QED) is 0.529. The molecular weight excluding hydrogens is 152 g/mol. The van der Waals surface area contributed by atoms with Crippen LogP contribution in [0.1, 0.15) is 12.8 Å². The fourth-order valence-corrected chi connectivity index (χ4v) is 1.02. The Kier molecular flexibility index (Phi) is 1.44. The van der Waals surface area contributed by atoms with Crippen molar-refractivity contribution in [3.8, 4) is 0 Å². The molecule has 0 radical (unpaired) electrons. The standard InChI is InChI=1S/C6H6O5/c7-3-1-6(2-3,4(8)9)5(10)11/h1-2H2,(H,8,9)(H,10,11). The predicted molar refractivity (Wildman–Crippen MR) is 31.9 cm³/mol. The van der Waals surface area contributed by atoms with Crippen LogP contribution in [0.2, 0.25) is 0 Å².